The third-order valence-electron chi connectivity index (χ3n) is 5.08. The second kappa shape index (κ2) is 8.81. The van der Waals surface area contributed by atoms with Gasteiger partial charge in [-0.2, -0.15) is 0 Å². The molecule has 0 aliphatic carbocycles. The zero-order chi connectivity index (χ0) is 21.8. The van der Waals surface area contributed by atoms with E-state index in [1.54, 1.807) is 31.0 Å². The van der Waals surface area contributed by atoms with Crippen molar-refractivity contribution in [3.8, 4) is 17.0 Å². The summed E-state index contributed by atoms with van der Waals surface area (Å²) in [7, 11) is 0. The van der Waals surface area contributed by atoms with Crippen LogP contribution in [0.15, 0.2) is 61.3 Å². The van der Waals surface area contributed by atoms with E-state index >= 15 is 0 Å². The van der Waals surface area contributed by atoms with Crippen molar-refractivity contribution in [3.05, 3.63) is 72.4 Å². The highest BCUT2D eigenvalue weighted by atomic mass is 16.5. The smallest absolute Gasteiger partial charge is 0.242 e. The van der Waals surface area contributed by atoms with Crippen LogP contribution in [0.1, 0.15) is 37.9 Å². The molecule has 4 rings (SSSR count). The molecule has 7 heteroatoms. The topological polar surface area (TPSA) is 80.2 Å². The van der Waals surface area contributed by atoms with Gasteiger partial charge in [-0.15, -0.1) is 0 Å². The molecule has 0 fully saturated rings. The summed E-state index contributed by atoms with van der Waals surface area (Å²) in [6.45, 7) is 7.60. The Hall–Kier alpha value is -3.32. The minimum Gasteiger partial charge on any atom is -0.492 e. The molecule has 0 saturated carbocycles. The largest absolute Gasteiger partial charge is 0.492 e. The van der Waals surface area contributed by atoms with Crippen LogP contribution in [0.3, 0.4) is 0 Å². The molecule has 2 aromatic heterocycles. The molecule has 0 bridgehead atoms. The first-order valence-electron chi connectivity index (χ1n) is 10.4. The number of carbonyl (C=O) groups is 1. The Labute approximate surface area is 182 Å². The Balaban J connectivity index is 1.72. The van der Waals surface area contributed by atoms with Gasteiger partial charge in [0.15, 0.2) is 0 Å². The number of carbonyl (C=O) groups excluding carboxylic acids is 1. The number of hydrogen-bond acceptors (Lipinski definition) is 6. The lowest BCUT2D eigenvalue weighted by atomic mass is 10.00. The lowest BCUT2D eigenvalue weighted by molar-refractivity contribution is -0.128. The van der Waals surface area contributed by atoms with Crippen molar-refractivity contribution in [1.29, 1.82) is 0 Å². The molecule has 1 N–H and O–H groups in total. The molecule has 1 aliphatic rings. The van der Waals surface area contributed by atoms with E-state index in [1.165, 1.54) is 0 Å². The van der Waals surface area contributed by atoms with Crippen molar-refractivity contribution >= 4 is 5.91 Å². The van der Waals surface area contributed by atoms with Gasteiger partial charge in [-0.3, -0.25) is 24.6 Å². The van der Waals surface area contributed by atoms with E-state index in [2.05, 4.69) is 31.2 Å². The monoisotopic (exact) mass is 417 g/mol. The molecule has 1 atom stereocenters. The zero-order valence-electron chi connectivity index (χ0n) is 18.1. The van der Waals surface area contributed by atoms with Gasteiger partial charge < -0.3 is 10.1 Å². The Morgan fingerprint density at radius 2 is 1.94 bits per heavy atom. The molecule has 0 spiro atoms. The lowest BCUT2D eigenvalue weighted by Crippen LogP contribution is -2.47. The SMILES string of the molecule is CC(C)(C)NC(=O)C1c2cnccc2OCCN1Cc1ccccc1-c1cnccn1. The predicted octanol–water partition coefficient (Wildman–Crippen LogP) is 3.39. The van der Waals surface area contributed by atoms with Crippen LogP contribution in [0.2, 0.25) is 0 Å². The van der Waals surface area contributed by atoms with Crippen molar-refractivity contribution in [1.82, 2.24) is 25.2 Å². The van der Waals surface area contributed by atoms with Crippen LogP contribution in [-0.2, 0) is 11.3 Å². The summed E-state index contributed by atoms with van der Waals surface area (Å²) in [5, 5.41) is 3.13. The van der Waals surface area contributed by atoms with Crippen LogP contribution < -0.4 is 10.1 Å². The van der Waals surface area contributed by atoms with Gasteiger partial charge >= 0.3 is 0 Å². The fourth-order valence-electron chi connectivity index (χ4n) is 3.81. The number of fused-ring (bicyclic) bond motifs is 1. The zero-order valence-corrected chi connectivity index (χ0v) is 18.1. The first-order chi connectivity index (χ1) is 14.9. The molecule has 7 nitrogen and oxygen atoms in total. The Morgan fingerprint density at radius 3 is 2.71 bits per heavy atom. The number of amides is 1. The third-order valence-corrected chi connectivity index (χ3v) is 5.08. The molecule has 0 radical (unpaired) electrons. The fourth-order valence-corrected chi connectivity index (χ4v) is 3.81. The quantitative estimate of drug-likeness (QED) is 0.701. The summed E-state index contributed by atoms with van der Waals surface area (Å²) in [4.78, 5) is 28.5. The van der Waals surface area contributed by atoms with Crippen LogP contribution in [0, 0.1) is 0 Å². The van der Waals surface area contributed by atoms with E-state index < -0.39 is 6.04 Å². The number of pyridine rings is 1. The maximum absolute atomic E-state index is 13.4. The van der Waals surface area contributed by atoms with Crippen molar-refractivity contribution in [2.75, 3.05) is 13.2 Å². The molecule has 3 heterocycles. The van der Waals surface area contributed by atoms with Crippen LogP contribution in [0.25, 0.3) is 11.3 Å². The summed E-state index contributed by atoms with van der Waals surface area (Å²) >= 11 is 0. The summed E-state index contributed by atoms with van der Waals surface area (Å²) in [6, 6.07) is 9.40. The van der Waals surface area contributed by atoms with Crippen LogP contribution >= 0.6 is 0 Å². The molecule has 1 aliphatic heterocycles. The average molecular weight is 418 g/mol. The second-order valence-electron chi connectivity index (χ2n) is 8.62. The first-order valence-corrected chi connectivity index (χ1v) is 10.4. The number of benzene rings is 1. The van der Waals surface area contributed by atoms with Gasteiger partial charge in [0.1, 0.15) is 18.4 Å². The predicted molar refractivity (Wildman–Crippen MR) is 118 cm³/mol. The molecule has 160 valence electrons. The van der Waals surface area contributed by atoms with E-state index in [4.69, 9.17) is 4.74 Å². The molecule has 31 heavy (non-hydrogen) atoms. The van der Waals surface area contributed by atoms with Crippen molar-refractivity contribution in [2.45, 2.75) is 38.9 Å². The first kappa shape index (κ1) is 20.9. The number of nitrogens with zero attached hydrogens (tertiary/aromatic N) is 4. The van der Waals surface area contributed by atoms with Gasteiger partial charge in [-0.25, -0.2) is 0 Å². The fraction of sp³-hybridized carbons (Fsp3) is 0.333. The molecule has 1 aromatic carbocycles. The summed E-state index contributed by atoms with van der Waals surface area (Å²) in [5.74, 6) is 0.637. The van der Waals surface area contributed by atoms with Crippen molar-refractivity contribution in [3.63, 3.8) is 0 Å². The highest BCUT2D eigenvalue weighted by Crippen LogP contribution is 2.34. The van der Waals surface area contributed by atoms with Crippen molar-refractivity contribution in [2.24, 2.45) is 0 Å². The average Bonchev–Trinajstić information content (AvgIpc) is 2.92. The number of rotatable bonds is 4. The Bertz CT molecular complexity index is 1050. The van der Waals surface area contributed by atoms with Gasteiger partial charge in [-0.05, 0) is 32.4 Å². The van der Waals surface area contributed by atoms with Gasteiger partial charge in [0, 0.05) is 54.5 Å². The molecular formula is C24H27N5O2. The maximum Gasteiger partial charge on any atom is 0.242 e. The molecule has 1 amide bonds. The van der Waals surface area contributed by atoms with E-state index in [0.29, 0.717) is 25.4 Å². The summed E-state index contributed by atoms with van der Waals surface area (Å²) < 4.78 is 5.96. The van der Waals surface area contributed by atoms with Crippen LogP contribution in [0.5, 0.6) is 5.75 Å². The van der Waals surface area contributed by atoms with E-state index in [1.807, 2.05) is 45.0 Å². The van der Waals surface area contributed by atoms with Gasteiger partial charge in [0.25, 0.3) is 0 Å². The molecule has 3 aromatic rings. The number of ether oxygens (including phenoxy) is 1. The highest BCUT2D eigenvalue weighted by Gasteiger charge is 2.34. The maximum atomic E-state index is 13.4. The van der Waals surface area contributed by atoms with Crippen LogP contribution in [0.4, 0.5) is 0 Å². The van der Waals surface area contributed by atoms with E-state index in [0.717, 1.165) is 22.4 Å². The summed E-state index contributed by atoms with van der Waals surface area (Å²) in [5.41, 5.74) is 3.31. The van der Waals surface area contributed by atoms with Crippen LogP contribution in [-0.4, -0.2) is 44.4 Å². The highest BCUT2D eigenvalue weighted by molar-refractivity contribution is 5.84. The Kier molecular flexibility index (Phi) is 5.95. The van der Waals surface area contributed by atoms with Gasteiger partial charge in [-0.1, -0.05) is 24.3 Å². The number of hydrogen-bond donors (Lipinski definition) is 1. The minimum atomic E-state index is -0.514. The van der Waals surface area contributed by atoms with Gasteiger partial charge in [0.2, 0.25) is 5.91 Å². The summed E-state index contributed by atoms with van der Waals surface area (Å²) in [6.07, 6.45) is 8.53. The van der Waals surface area contributed by atoms with E-state index in [-0.39, 0.29) is 11.4 Å². The Morgan fingerprint density at radius 1 is 1.13 bits per heavy atom. The number of nitrogens with one attached hydrogen (secondary N) is 1. The molecule has 0 saturated heterocycles. The lowest BCUT2D eigenvalue weighted by Gasteiger charge is -2.32. The number of aromatic nitrogens is 3. The second-order valence-corrected chi connectivity index (χ2v) is 8.62. The van der Waals surface area contributed by atoms with E-state index in [9.17, 15) is 4.79 Å². The van der Waals surface area contributed by atoms with Crippen molar-refractivity contribution < 1.29 is 9.53 Å². The molecular weight excluding hydrogens is 390 g/mol. The normalized spacial score (nSPS) is 16.7. The standard InChI is InChI=1S/C24H27N5O2/c1-24(2,3)28-23(30)22-19-14-25-9-8-21(19)31-13-12-29(22)16-17-6-4-5-7-18(17)20-15-26-10-11-27-20/h4-11,14-15,22H,12-13,16H2,1-3H3,(H,28,30). The minimum absolute atomic E-state index is 0.0655. The molecule has 1 unspecified atom stereocenters. The third kappa shape index (κ3) is 4.88. The van der Waals surface area contributed by atoms with Gasteiger partial charge in [0.05, 0.1) is 11.9 Å².